The van der Waals surface area contributed by atoms with Crippen LogP contribution in [-0.4, -0.2) is 6.10 Å². The van der Waals surface area contributed by atoms with Gasteiger partial charge in [-0.1, -0.05) is 56.3 Å². The number of hydrogen-bond acceptors (Lipinski definition) is 2. The molecule has 0 aliphatic carbocycles. The summed E-state index contributed by atoms with van der Waals surface area (Å²) in [7, 11) is 0. The Hall–Kier alpha value is -2.27. The van der Waals surface area contributed by atoms with Crippen LogP contribution < -0.4 is 4.74 Å². The van der Waals surface area contributed by atoms with Crippen LogP contribution in [0.25, 0.3) is 10.8 Å². The zero-order valence-corrected chi connectivity index (χ0v) is 11.1. The predicted octanol–water partition coefficient (Wildman–Crippen LogP) is 4.47. The van der Waals surface area contributed by atoms with E-state index in [1.165, 1.54) is 0 Å². The molecule has 2 rings (SSSR count). The van der Waals surface area contributed by atoms with Gasteiger partial charge in [-0.2, -0.15) is 5.26 Å². The summed E-state index contributed by atoms with van der Waals surface area (Å²) in [6.45, 7) is 5.86. The lowest BCUT2D eigenvalue weighted by Gasteiger charge is -2.18. The molecule has 2 heteroatoms. The molecule has 0 aliphatic rings. The van der Waals surface area contributed by atoms with Crippen molar-refractivity contribution in [3.63, 3.8) is 0 Å². The summed E-state index contributed by atoms with van der Waals surface area (Å²) >= 11 is 0. The van der Waals surface area contributed by atoms with E-state index >= 15 is 0 Å². The molecular formula is C17H17NO. The largest absolute Gasteiger partial charge is 0.484 e. The number of fused-ring (bicyclic) bond motifs is 1. The van der Waals surface area contributed by atoms with E-state index in [0.29, 0.717) is 5.57 Å². The summed E-state index contributed by atoms with van der Waals surface area (Å²) in [4.78, 5) is 0. The summed E-state index contributed by atoms with van der Waals surface area (Å²) in [5, 5.41) is 11.2. The van der Waals surface area contributed by atoms with Gasteiger partial charge >= 0.3 is 0 Å². The molecule has 2 aromatic carbocycles. The summed E-state index contributed by atoms with van der Waals surface area (Å²) in [6, 6.07) is 16.1. The van der Waals surface area contributed by atoms with E-state index in [0.717, 1.165) is 29.4 Å². The van der Waals surface area contributed by atoms with E-state index in [2.05, 4.69) is 31.7 Å². The second-order valence-corrected chi connectivity index (χ2v) is 4.51. The van der Waals surface area contributed by atoms with Gasteiger partial charge in [-0.25, -0.2) is 0 Å². The molecule has 1 atom stereocenters. The molecule has 0 aromatic heterocycles. The number of ether oxygens (including phenoxy) is 1. The highest BCUT2D eigenvalue weighted by Gasteiger charge is 2.14. The van der Waals surface area contributed by atoms with Gasteiger partial charge in [-0.3, -0.25) is 0 Å². The minimum absolute atomic E-state index is 0.235. The predicted molar refractivity (Wildman–Crippen MR) is 78.0 cm³/mol. The molecule has 19 heavy (non-hydrogen) atoms. The lowest BCUT2D eigenvalue weighted by molar-refractivity contribution is 0.233. The molecule has 96 valence electrons. The SMILES string of the molecule is C=C(C#N)C(CCC)Oc1cccc2ccccc12. The molecule has 0 bridgehead atoms. The minimum Gasteiger partial charge on any atom is -0.484 e. The first-order valence-electron chi connectivity index (χ1n) is 6.49. The number of nitriles is 1. The molecule has 2 aromatic rings. The molecule has 0 fully saturated rings. The van der Waals surface area contributed by atoms with Crippen molar-refractivity contribution in [2.24, 2.45) is 0 Å². The molecule has 0 aliphatic heterocycles. The van der Waals surface area contributed by atoms with Crippen molar-refractivity contribution in [1.82, 2.24) is 0 Å². The highest BCUT2D eigenvalue weighted by molar-refractivity contribution is 5.88. The van der Waals surface area contributed by atoms with Crippen LogP contribution in [0.15, 0.2) is 54.6 Å². The topological polar surface area (TPSA) is 33.0 Å². The lowest BCUT2D eigenvalue weighted by atomic mass is 10.1. The van der Waals surface area contributed by atoms with Gasteiger partial charge in [0.25, 0.3) is 0 Å². The van der Waals surface area contributed by atoms with Crippen LogP contribution in [0.1, 0.15) is 19.8 Å². The standard InChI is InChI=1S/C17H17NO/c1-3-7-16(13(2)12-18)19-17-11-6-9-14-8-4-5-10-15(14)17/h4-6,8-11,16H,2-3,7H2,1H3. The van der Waals surface area contributed by atoms with Crippen molar-refractivity contribution in [2.75, 3.05) is 0 Å². The normalized spacial score (nSPS) is 11.8. The van der Waals surface area contributed by atoms with E-state index in [1.807, 2.05) is 30.3 Å². The average Bonchev–Trinajstić information content (AvgIpc) is 2.46. The van der Waals surface area contributed by atoms with Gasteiger partial charge in [0.05, 0.1) is 11.6 Å². The third-order valence-corrected chi connectivity index (χ3v) is 3.10. The van der Waals surface area contributed by atoms with Crippen LogP contribution in [0.3, 0.4) is 0 Å². The summed E-state index contributed by atoms with van der Waals surface area (Å²) in [6.07, 6.45) is 1.52. The minimum atomic E-state index is -0.235. The maximum Gasteiger partial charge on any atom is 0.133 e. The molecule has 2 nitrogen and oxygen atoms in total. The Balaban J connectivity index is 2.34. The highest BCUT2D eigenvalue weighted by Crippen LogP contribution is 2.27. The second-order valence-electron chi connectivity index (χ2n) is 4.51. The Bertz CT molecular complexity index is 619. The third-order valence-electron chi connectivity index (χ3n) is 3.10. The fraction of sp³-hybridized carbons (Fsp3) is 0.235. The second kappa shape index (κ2) is 6.06. The average molecular weight is 251 g/mol. The van der Waals surface area contributed by atoms with Crippen molar-refractivity contribution in [2.45, 2.75) is 25.9 Å². The molecule has 0 saturated heterocycles. The first kappa shape index (κ1) is 13.2. The molecular weight excluding hydrogens is 234 g/mol. The molecule has 0 radical (unpaired) electrons. The van der Waals surface area contributed by atoms with E-state index in [4.69, 9.17) is 10.00 Å². The van der Waals surface area contributed by atoms with Crippen molar-refractivity contribution in [3.05, 3.63) is 54.6 Å². The first-order chi connectivity index (χ1) is 9.26. The van der Waals surface area contributed by atoms with Gasteiger partial charge in [0.1, 0.15) is 11.9 Å². The van der Waals surface area contributed by atoms with Crippen molar-refractivity contribution in [3.8, 4) is 11.8 Å². The van der Waals surface area contributed by atoms with E-state index in [-0.39, 0.29) is 6.10 Å². The van der Waals surface area contributed by atoms with Gasteiger partial charge in [0.15, 0.2) is 0 Å². The lowest BCUT2D eigenvalue weighted by Crippen LogP contribution is -2.18. The van der Waals surface area contributed by atoms with Crippen LogP contribution in [0.2, 0.25) is 0 Å². The van der Waals surface area contributed by atoms with Gasteiger partial charge in [-0.15, -0.1) is 0 Å². The Morgan fingerprint density at radius 1 is 1.26 bits per heavy atom. The van der Waals surface area contributed by atoms with Crippen LogP contribution in [0.5, 0.6) is 5.75 Å². The number of hydrogen-bond donors (Lipinski definition) is 0. The van der Waals surface area contributed by atoms with Crippen molar-refractivity contribution >= 4 is 10.8 Å². The molecule has 0 amide bonds. The van der Waals surface area contributed by atoms with Crippen LogP contribution in [-0.2, 0) is 0 Å². The number of nitrogens with zero attached hydrogens (tertiary/aromatic N) is 1. The zero-order valence-electron chi connectivity index (χ0n) is 11.1. The van der Waals surface area contributed by atoms with Crippen LogP contribution in [0.4, 0.5) is 0 Å². The van der Waals surface area contributed by atoms with Crippen molar-refractivity contribution < 1.29 is 4.74 Å². The third kappa shape index (κ3) is 2.95. The van der Waals surface area contributed by atoms with Gasteiger partial charge in [0.2, 0.25) is 0 Å². The van der Waals surface area contributed by atoms with Gasteiger partial charge < -0.3 is 4.74 Å². The van der Waals surface area contributed by atoms with Crippen LogP contribution >= 0.6 is 0 Å². The Morgan fingerprint density at radius 3 is 2.74 bits per heavy atom. The fourth-order valence-corrected chi connectivity index (χ4v) is 2.09. The monoisotopic (exact) mass is 251 g/mol. The van der Waals surface area contributed by atoms with E-state index in [9.17, 15) is 0 Å². The van der Waals surface area contributed by atoms with Gasteiger partial charge in [0, 0.05) is 5.39 Å². The van der Waals surface area contributed by atoms with E-state index < -0.39 is 0 Å². The molecule has 1 unspecified atom stereocenters. The summed E-state index contributed by atoms with van der Waals surface area (Å²) in [5.41, 5.74) is 0.481. The highest BCUT2D eigenvalue weighted by atomic mass is 16.5. The summed E-state index contributed by atoms with van der Waals surface area (Å²) < 4.78 is 6.00. The number of rotatable bonds is 5. The Morgan fingerprint density at radius 2 is 2.00 bits per heavy atom. The maximum atomic E-state index is 8.99. The smallest absolute Gasteiger partial charge is 0.133 e. The Kier molecular flexibility index (Phi) is 4.20. The van der Waals surface area contributed by atoms with Crippen LogP contribution in [0, 0.1) is 11.3 Å². The van der Waals surface area contributed by atoms with Crippen molar-refractivity contribution in [1.29, 1.82) is 5.26 Å². The fourth-order valence-electron chi connectivity index (χ4n) is 2.09. The molecule has 0 N–H and O–H groups in total. The molecule has 0 heterocycles. The Labute approximate surface area is 113 Å². The number of benzene rings is 2. The molecule has 0 saturated carbocycles. The first-order valence-corrected chi connectivity index (χ1v) is 6.49. The quantitative estimate of drug-likeness (QED) is 0.735. The zero-order chi connectivity index (χ0) is 13.7. The summed E-state index contributed by atoms with van der Waals surface area (Å²) in [5.74, 6) is 0.813. The van der Waals surface area contributed by atoms with E-state index in [1.54, 1.807) is 0 Å². The molecule has 0 spiro atoms. The maximum absolute atomic E-state index is 8.99. The van der Waals surface area contributed by atoms with Gasteiger partial charge in [-0.05, 0) is 17.9 Å².